The van der Waals surface area contributed by atoms with Crippen molar-refractivity contribution in [3.63, 3.8) is 0 Å². The first-order valence-corrected chi connectivity index (χ1v) is 8.01. The molecule has 0 spiro atoms. The Labute approximate surface area is 162 Å². The van der Waals surface area contributed by atoms with Crippen LogP contribution in [0.4, 0.5) is 0 Å². The summed E-state index contributed by atoms with van der Waals surface area (Å²) >= 11 is 0. The number of rotatable bonds is 6. The van der Waals surface area contributed by atoms with Gasteiger partial charge >= 0.3 is 23.9 Å². The second kappa shape index (κ2) is 10.4. The lowest BCUT2D eigenvalue weighted by atomic mass is 9.91. The summed E-state index contributed by atoms with van der Waals surface area (Å²) < 4.78 is 4.82. The van der Waals surface area contributed by atoms with Crippen LogP contribution in [0.15, 0.2) is 0 Å². The number of carbonyl (C=O) groups excluding carboxylic acids is 4. The second-order valence-corrected chi connectivity index (χ2v) is 5.99. The van der Waals surface area contributed by atoms with Crippen molar-refractivity contribution < 1.29 is 69.0 Å². The molecule has 1 saturated heterocycles. The van der Waals surface area contributed by atoms with Gasteiger partial charge in [-0.15, -0.1) is 0 Å². The number of carbonyl (C=O) groups is 4. The first kappa shape index (κ1) is 24.6. The highest BCUT2D eigenvalue weighted by atomic mass is 17.2. The van der Waals surface area contributed by atoms with E-state index >= 15 is 0 Å². The topological polar surface area (TPSA) is 242 Å². The number of nitrogens with two attached hydrogens (primary N) is 1. The van der Waals surface area contributed by atoms with E-state index in [9.17, 15) is 39.6 Å². The molecule has 15 nitrogen and oxygen atoms in total. The van der Waals surface area contributed by atoms with E-state index in [1.807, 2.05) is 0 Å². The lowest BCUT2D eigenvalue weighted by Crippen LogP contribution is -2.65. The van der Waals surface area contributed by atoms with E-state index in [1.165, 1.54) is 0 Å². The van der Waals surface area contributed by atoms with E-state index in [0.717, 1.165) is 6.92 Å². The van der Waals surface area contributed by atoms with Crippen molar-refractivity contribution in [2.75, 3.05) is 6.61 Å². The summed E-state index contributed by atoms with van der Waals surface area (Å²) in [5.74, 6) is -7.81. The molecule has 1 aliphatic heterocycles. The molecule has 29 heavy (non-hydrogen) atoms. The monoisotopic (exact) mass is 427 g/mol. The molecule has 0 radical (unpaired) electrons. The van der Waals surface area contributed by atoms with Crippen LogP contribution in [0.25, 0.3) is 0 Å². The Morgan fingerprint density at radius 3 is 2.17 bits per heavy atom. The first-order chi connectivity index (χ1) is 13.4. The molecule has 0 aromatic heterocycles. The number of hydrogen-bond acceptors (Lipinski definition) is 15. The summed E-state index contributed by atoms with van der Waals surface area (Å²) in [4.78, 5) is 61.0. The van der Waals surface area contributed by atoms with Gasteiger partial charge in [-0.25, -0.2) is 38.7 Å². The zero-order chi connectivity index (χ0) is 22.4. The maximum atomic E-state index is 11.7. The third-order valence-electron chi connectivity index (χ3n) is 3.61. The quantitative estimate of drug-likeness (QED) is 0.172. The highest BCUT2D eigenvalue weighted by molar-refractivity contribution is 5.82. The van der Waals surface area contributed by atoms with Crippen molar-refractivity contribution in [1.29, 1.82) is 0 Å². The van der Waals surface area contributed by atoms with E-state index < -0.39 is 79.6 Å². The third-order valence-corrected chi connectivity index (χ3v) is 3.61. The van der Waals surface area contributed by atoms with Crippen molar-refractivity contribution in [3.8, 4) is 0 Å². The van der Waals surface area contributed by atoms with Crippen LogP contribution in [0, 0.1) is 0 Å². The molecule has 166 valence electrons. The van der Waals surface area contributed by atoms with Gasteiger partial charge in [0.15, 0.2) is 0 Å². The standard InChI is InChI=1S/C14H21NO14/c1-5(17)26-29-13(23)6(15)2-8(18)27-28-9(19)3-14(24)12(22)11(21)10(20)7(4-16)25-14/h6-7,10-12,16,20-22,24H,2-4,15H2,1H3/t6?,7-,10-,11+,12-,14?/m1/s1. The van der Waals surface area contributed by atoms with Gasteiger partial charge in [-0.3, -0.25) is 0 Å². The summed E-state index contributed by atoms with van der Waals surface area (Å²) in [6.07, 6.45) is -9.46. The van der Waals surface area contributed by atoms with Crippen LogP contribution in [0.3, 0.4) is 0 Å². The fourth-order valence-corrected chi connectivity index (χ4v) is 2.15. The van der Waals surface area contributed by atoms with Gasteiger partial charge in [0, 0.05) is 6.92 Å². The van der Waals surface area contributed by atoms with E-state index in [1.54, 1.807) is 0 Å². The Morgan fingerprint density at radius 1 is 1.03 bits per heavy atom. The van der Waals surface area contributed by atoms with Gasteiger partial charge in [0.2, 0.25) is 5.79 Å². The molecule has 0 aromatic rings. The Bertz CT molecular complexity index is 623. The minimum atomic E-state index is -2.78. The molecule has 1 aliphatic rings. The first-order valence-electron chi connectivity index (χ1n) is 8.01. The fourth-order valence-electron chi connectivity index (χ4n) is 2.15. The summed E-state index contributed by atoms with van der Waals surface area (Å²) in [5.41, 5.74) is 5.28. The maximum absolute atomic E-state index is 11.7. The van der Waals surface area contributed by atoms with Crippen molar-refractivity contribution in [2.45, 2.75) is 56.0 Å². The van der Waals surface area contributed by atoms with Crippen LogP contribution in [0.1, 0.15) is 19.8 Å². The Kier molecular flexibility index (Phi) is 8.83. The molecular formula is C14H21NO14. The fraction of sp³-hybridized carbons (Fsp3) is 0.714. The molecule has 0 amide bonds. The Hall–Kier alpha value is -2.40. The van der Waals surface area contributed by atoms with E-state index in [4.69, 9.17) is 15.6 Å². The highest BCUT2D eigenvalue weighted by Gasteiger charge is 2.54. The zero-order valence-electron chi connectivity index (χ0n) is 15.0. The van der Waals surface area contributed by atoms with Crippen LogP contribution >= 0.6 is 0 Å². The summed E-state index contributed by atoms with van der Waals surface area (Å²) in [5, 5.41) is 48.3. The lowest BCUT2D eigenvalue weighted by molar-refractivity contribution is -0.352. The van der Waals surface area contributed by atoms with Crippen LogP contribution in [0.2, 0.25) is 0 Å². The van der Waals surface area contributed by atoms with Crippen LogP contribution in [-0.2, 0) is 43.5 Å². The van der Waals surface area contributed by atoms with Gasteiger partial charge in [-0.1, -0.05) is 0 Å². The largest absolute Gasteiger partial charge is 0.394 e. The van der Waals surface area contributed by atoms with Gasteiger partial charge < -0.3 is 36.0 Å². The molecule has 1 heterocycles. The van der Waals surface area contributed by atoms with Crippen molar-refractivity contribution in [2.24, 2.45) is 5.73 Å². The van der Waals surface area contributed by atoms with Crippen LogP contribution in [-0.4, -0.2) is 92.3 Å². The highest BCUT2D eigenvalue weighted by Crippen LogP contribution is 2.31. The lowest BCUT2D eigenvalue weighted by Gasteiger charge is -2.44. The number of hydrogen-bond donors (Lipinski definition) is 6. The summed E-state index contributed by atoms with van der Waals surface area (Å²) in [7, 11) is 0. The average Bonchev–Trinajstić information content (AvgIpc) is 2.65. The second-order valence-electron chi connectivity index (χ2n) is 5.99. The molecule has 1 rings (SSSR count). The van der Waals surface area contributed by atoms with E-state index in [-0.39, 0.29) is 0 Å². The smallest absolute Gasteiger partial charge is 0.372 e. The minimum absolute atomic E-state index is 0.853. The molecule has 7 N–H and O–H groups in total. The molecule has 15 heteroatoms. The predicted molar refractivity (Wildman–Crippen MR) is 82.2 cm³/mol. The van der Waals surface area contributed by atoms with E-state index in [2.05, 4.69) is 19.6 Å². The minimum Gasteiger partial charge on any atom is -0.394 e. The van der Waals surface area contributed by atoms with Gasteiger partial charge in [-0.05, 0) is 0 Å². The molecule has 0 aromatic carbocycles. The van der Waals surface area contributed by atoms with Gasteiger partial charge in [0.25, 0.3) is 0 Å². The molecule has 0 bridgehead atoms. The Morgan fingerprint density at radius 2 is 1.62 bits per heavy atom. The van der Waals surface area contributed by atoms with Gasteiger partial charge in [0.1, 0.15) is 36.9 Å². The predicted octanol–water partition coefficient (Wildman–Crippen LogP) is -4.72. The summed E-state index contributed by atoms with van der Waals surface area (Å²) in [6, 6.07) is -1.63. The Balaban J connectivity index is 2.52. The van der Waals surface area contributed by atoms with Gasteiger partial charge in [0.05, 0.1) is 13.0 Å². The van der Waals surface area contributed by atoms with Crippen LogP contribution in [0.5, 0.6) is 0 Å². The van der Waals surface area contributed by atoms with Crippen molar-refractivity contribution in [1.82, 2.24) is 0 Å². The van der Waals surface area contributed by atoms with Crippen molar-refractivity contribution in [3.05, 3.63) is 0 Å². The normalized spacial score (nSPS) is 30.0. The molecule has 1 fully saturated rings. The molecule has 6 atom stereocenters. The van der Waals surface area contributed by atoms with Crippen LogP contribution < -0.4 is 5.73 Å². The number of ether oxygens (including phenoxy) is 1. The van der Waals surface area contributed by atoms with Gasteiger partial charge in [-0.2, -0.15) is 0 Å². The number of aliphatic hydroxyl groups excluding tert-OH is 4. The molecular weight excluding hydrogens is 406 g/mol. The third kappa shape index (κ3) is 6.86. The zero-order valence-corrected chi connectivity index (χ0v) is 15.0. The van der Waals surface area contributed by atoms with Crippen molar-refractivity contribution >= 4 is 23.9 Å². The SMILES string of the molecule is CC(=O)OOC(=O)C(N)CC(=O)OOC(=O)CC1(O)O[C@H](CO)[C@@H](O)[C@H](O)[C@H]1O. The van der Waals surface area contributed by atoms with E-state index in [0.29, 0.717) is 0 Å². The summed E-state index contributed by atoms with van der Waals surface area (Å²) in [6.45, 7) is 0.0779. The number of aliphatic hydroxyl groups is 5. The molecule has 0 saturated carbocycles. The molecule has 0 aliphatic carbocycles. The molecule has 2 unspecified atom stereocenters. The average molecular weight is 427 g/mol. The maximum Gasteiger partial charge on any atom is 0.372 e.